The second-order valence-corrected chi connectivity index (χ2v) is 6.79. The van der Waals surface area contributed by atoms with Crippen LogP contribution in [0.2, 0.25) is 0 Å². The third kappa shape index (κ3) is 4.48. The van der Waals surface area contributed by atoms with Crippen molar-refractivity contribution >= 4 is 30.7 Å². The van der Waals surface area contributed by atoms with Crippen LogP contribution in [0.25, 0.3) is 0 Å². The molecular weight excluding hydrogens is 297 g/mol. The van der Waals surface area contributed by atoms with Crippen molar-refractivity contribution in [1.82, 2.24) is 9.80 Å². The number of carbonyl (C=O) groups is 1. The summed E-state index contributed by atoms with van der Waals surface area (Å²) < 4.78 is 0. The highest BCUT2D eigenvalue weighted by Crippen LogP contribution is 2.26. The summed E-state index contributed by atoms with van der Waals surface area (Å²) in [6, 6.07) is 0.409. The van der Waals surface area contributed by atoms with Gasteiger partial charge in [0.1, 0.15) is 0 Å². The van der Waals surface area contributed by atoms with E-state index in [1.54, 1.807) is 0 Å². The first-order chi connectivity index (χ1) is 8.39. The summed E-state index contributed by atoms with van der Waals surface area (Å²) in [5.74, 6) is 0.121. The molecule has 2 rings (SSSR count). The summed E-state index contributed by atoms with van der Waals surface area (Å²) in [6.07, 6.45) is 4.06. The van der Waals surface area contributed by atoms with Crippen molar-refractivity contribution in [2.45, 2.75) is 52.1 Å². The smallest absolute Gasteiger partial charge is 0.240 e. The molecule has 1 saturated heterocycles. The number of nitrogens with two attached hydrogens (primary N) is 1. The lowest BCUT2D eigenvalue weighted by atomic mass is 9.86. The number of halogens is 2. The zero-order valence-corrected chi connectivity index (χ0v) is 14.4. The van der Waals surface area contributed by atoms with E-state index >= 15 is 0 Å². The second kappa shape index (κ2) is 7.83. The molecule has 1 atom stereocenters. The van der Waals surface area contributed by atoms with Crippen LogP contribution in [0.4, 0.5) is 0 Å². The summed E-state index contributed by atoms with van der Waals surface area (Å²) in [7, 11) is 0. The molecule has 1 aliphatic carbocycles. The normalized spacial score (nSPS) is 22.3. The fourth-order valence-electron chi connectivity index (χ4n) is 2.63. The monoisotopic (exact) mass is 325 g/mol. The molecule has 0 radical (unpaired) electrons. The Labute approximate surface area is 135 Å². The Bertz CT molecular complexity index is 308. The van der Waals surface area contributed by atoms with Gasteiger partial charge in [-0.2, -0.15) is 0 Å². The molecule has 120 valence electrons. The van der Waals surface area contributed by atoms with Crippen molar-refractivity contribution in [3.63, 3.8) is 0 Å². The lowest BCUT2D eigenvalue weighted by molar-refractivity contribution is -0.137. The molecule has 1 amide bonds. The number of hydrogen-bond donors (Lipinski definition) is 1. The predicted octanol–water partition coefficient (Wildman–Crippen LogP) is 1.90. The summed E-state index contributed by atoms with van der Waals surface area (Å²) in [5, 5.41) is 0. The molecule has 0 spiro atoms. The van der Waals surface area contributed by atoms with E-state index in [2.05, 4.69) is 4.90 Å². The van der Waals surface area contributed by atoms with Crippen molar-refractivity contribution in [2.24, 2.45) is 11.1 Å². The van der Waals surface area contributed by atoms with E-state index in [1.807, 2.05) is 25.7 Å². The van der Waals surface area contributed by atoms with E-state index in [9.17, 15) is 4.79 Å². The Balaban J connectivity index is 0.00000180. The van der Waals surface area contributed by atoms with Gasteiger partial charge in [-0.1, -0.05) is 27.2 Å². The molecule has 0 unspecified atom stereocenters. The molecule has 20 heavy (non-hydrogen) atoms. The minimum absolute atomic E-state index is 0. The third-order valence-electron chi connectivity index (χ3n) is 4.42. The maximum absolute atomic E-state index is 12.3. The van der Waals surface area contributed by atoms with Crippen LogP contribution < -0.4 is 5.73 Å². The number of piperazine rings is 1. The molecule has 2 N–H and O–H groups in total. The minimum Gasteiger partial charge on any atom is -0.339 e. The molecule has 0 aromatic carbocycles. The average Bonchev–Trinajstić information content (AvgIpc) is 2.24. The molecular formula is C14H29Cl2N3O. The summed E-state index contributed by atoms with van der Waals surface area (Å²) in [6.45, 7) is 9.82. The van der Waals surface area contributed by atoms with Crippen LogP contribution in [-0.4, -0.2) is 54.0 Å². The molecule has 1 aliphatic heterocycles. The molecule has 6 heteroatoms. The van der Waals surface area contributed by atoms with Crippen LogP contribution in [0.3, 0.4) is 0 Å². The first-order valence-corrected chi connectivity index (χ1v) is 7.18. The van der Waals surface area contributed by atoms with Crippen molar-refractivity contribution < 1.29 is 4.79 Å². The quantitative estimate of drug-likeness (QED) is 0.843. The Hall–Kier alpha value is -0.0300. The van der Waals surface area contributed by atoms with E-state index < -0.39 is 0 Å². The third-order valence-corrected chi connectivity index (χ3v) is 4.42. The van der Waals surface area contributed by atoms with Gasteiger partial charge in [-0.05, 0) is 18.3 Å². The van der Waals surface area contributed by atoms with Crippen LogP contribution in [0.1, 0.15) is 40.0 Å². The molecule has 2 fully saturated rings. The zero-order chi connectivity index (χ0) is 13.3. The molecule has 1 saturated carbocycles. The minimum atomic E-state index is -0.382. The van der Waals surface area contributed by atoms with Crippen LogP contribution >= 0.6 is 24.8 Å². The van der Waals surface area contributed by atoms with Crippen molar-refractivity contribution in [1.29, 1.82) is 0 Å². The highest BCUT2D eigenvalue weighted by molar-refractivity contribution is 5.85. The predicted molar refractivity (Wildman–Crippen MR) is 87.7 cm³/mol. The molecule has 0 aromatic rings. The molecule has 1 heterocycles. The zero-order valence-electron chi connectivity index (χ0n) is 12.8. The van der Waals surface area contributed by atoms with Crippen LogP contribution in [0.15, 0.2) is 0 Å². The maximum Gasteiger partial charge on any atom is 0.240 e. The van der Waals surface area contributed by atoms with Gasteiger partial charge in [0.15, 0.2) is 0 Å². The highest BCUT2D eigenvalue weighted by Gasteiger charge is 2.34. The topological polar surface area (TPSA) is 49.6 Å². The van der Waals surface area contributed by atoms with Gasteiger partial charge in [-0.3, -0.25) is 9.69 Å². The average molecular weight is 326 g/mol. The van der Waals surface area contributed by atoms with Gasteiger partial charge < -0.3 is 10.6 Å². The van der Waals surface area contributed by atoms with Gasteiger partial charge in [0, 0.05) is 32.2 Å². The van der Waals surface area contributed by atoms with Crippen LogP contribution in [-0.2, 0) is 4.79 Å². The van der Waals surface area contributed by atoms with E-state index in [0.29, 0.717) is 0 Å². The van der Waals surface area contributed by atoms with Gasteiger partial charge in [0.25, 0.3) is 0 Å². The van der Waals surface area contributed by atoms with E-state index in [0.717, 1.165) is 32.2 Å². The SMILES string of the molecule is CC(C)(C)[C@H](N)C(=O)N1CCN(C2CCC2)CC1.Cl.Cl. The van der Waals surface area contributed by atoms with Gasteiger partial charge >= 0.3 is 0 Å². The first kappa shape index (κ1) is 20.0. The highest BCUT2D eigenvalue weighted by atomic mass is 35.5. The number of carbonyl (C=O) groups excluding carboxylic acids is 1. The molecule has 0 aromatic heterocycles. The summed E-state index contributed by atoms with van der Waals surface area (Å²) in [4.78, 5) is 16.8. The number of amides is 1. The number of rotatable bonds is 2. The summed E-state index contributed by atoms with van der Waals surface area (Å²) in [5.41, 5.74) is 5.90. The fraction of sp³-hybridized carbons (Fsp3) is 0.929. The largest absolute Gasteiger partial charge is 0.339 e. The van der Waals surface area contributed by atoms with Crippen molar-refractivity contribution in [3.8, 4) is 0 Å². The number of nitrogens with zero attached hydrogens (tertiary/aromatic N) is 2. The Morgan fingerprint density at radius 1 is 1.10 bits per heavy atom. The van der Waals surface area contributed by atoms with E-state index in [4.69, 9.17) is 5.73 Å². The Morgan fingerprint density at radius 2 is 1.60 bits per heavy atom. The fourth-order valence-corrected chi connectivity index (χ4v) is 2.63. The Kier molecular flexibility index (Phi) is 7.82. The molecule has 0 bridgehead atoms. The molecule has 2 aliphatic rings. The van der Waals surface area contributed by atoms with E-state index in [-0.39, 0.29) is 42.2 Å². The first-order valence-electron chi connectivity index (χ1n) is 7.18. The summed E-state index contributed by atoms with van der Waals surface area (Å²) >= 11 is 0. The van der Waals surface area contributed by atoms with Crippen LogP contribution in [0.5, 0.6) is 0 Å². The van der Waals surface area contributed by atoms with Gasteiger partial charge in [0.05, 0.1) is 6.04 Å². The van der Waals surface area contributed by atoms with Gasteiger partial charge in [-0.15, -0.1) is 24.8 Å². The maximum atomic E-state index is 12.3. The van der Waals surface area contributed by atoms with Crippen molar-refractivity contribution in [2.75, 3.05) is 26.2 Å². The van der Waals surface area contributed by atoms with Gasteiger partial charge in [0.2, 0.25) is 5.91 Å². The Morgan fingerprint density at radius 3 is 1.95 bits per heavy atom. The number of hydrogen-bond acceptors (Lipinski definition) is 3. The van der Waals surface area contributed by atoms with Gasteiger partial charge in [-0.25, -0.2) is 0 Å². The standard InChI is InChI=1S/C14H27N3O.2ClH/c1-14(2,3)12(15)13(18)17-9-7-16(8-10-17)11-5-4-6-11;;/h11-12H,4-10,15H2,1-3H3;2*1H/t12-;;/m1../s1. The van der Waals surface area contributed by atoms with Crippen molar-refractivity contribution in [3.05, 3.63) is 0 Å². The molecule has 4 nitrogen and oxygen atoms in total. The lowest BCUT2D eigenvalue weighted by Crippen LogP contribution is -2.58. The van der Waals surface area contributed by atoms with E-state index in [1.165, 1.54) is 19.3 Å². The van der Waals surface area contributed by atoms with Crippen LogP contribution in [0, 0.1) is 5.41 Å². The second-order valence-electron chi connectivity index (χ2n) is 6.79. The lowest BCUT2D eigenvalue weighted by Gasteiger charge is -2.44.